The van der Waals surface area contributed by atoms with Crippen LogP contribution in [0.3, 0.4) is 0 Å². The van der Waals surface area contributed by atoms with Crippen molar-refractivity contribution in [3.05, 3.63) is 182 Å². The van der Waals surface area contributed by atoms with E-state index in [-0.39, 0.29) is 0 Å². The van der Waals surface area contributed by atoms with E-state index in [4.69, 9.17) is 0 Å². The zero-order chi connectivity index (χ0) is 34.6. The predicted molar refractivity (Wildman–Crippen MR) is 228 cm³/mol. The first-order valence-electron chi connectivity index (χ1n) is 18.2. The minimum Gasteiger partial charge on any atom is -0.309 e. The summed E-state index contributed by atoms with van der Waals surface area (Å²) in [5.41, 5.74) is 9.74. The Hall–Kier alpha value is -6.68. The van der Waals surface area contributed by atoms with E-state index >= 15 is 0 Å². The Bertz CT molecular complexity index is 3430. The van der Waals surface area contributed by atoms with Crippen LogP contribution in [0.2, 0.25) is 0 Å². The van der Waals surface area contributed by atoms with Crippen molar-refractivity contribution in [1.29, 1.82) is 0 Å². The van der Waals surface area contributed by atoms with Gasteiger partial charge in [0.1, 0.15) is 0 Å². The Balaban J connectivity index is 1.08. The average Bonchev–Trinajstić information content (AvgIpc) is 3.89. The lowest BCUT2D eigenvalue weighted by Gasteiger charge is -2.12. The highest BCUT2D eigenvalue weighted by molar-refractivity contribution is 7.27. The Kier molecular flexibility index (Phi) is 5.96. The molecular formula is C50H30N2S. The number of benzene rings is 9. The number of para-hydroxylation sites is 2. The molecule has 0 N–H and O–H groups in total. The van der Waals surface area contributed by atoms with E-state index in [2.05, 4.69) is 191 Å². The van der Waals surface area contributed by atoms with Gasteiger partial charge in [-0.2, -0.15) is 0 Å². The van der Waals surface area contributed by atoms with Gasteiger partial charge >= 0.3 is 0 Å². The largest absolute Gasteiger partial charge is 0.309 e. The molecule has 0 fully saturated rings. The summed E-state index contributed by atoms with van der Waals surface area (Å²) in [5.74, 6) is 0. The molecule has 0 bridgehead atoms. The van der Waals surface area contributed by atoms with Gasteiger partial charge in [-0.15, -0.1) is 11.3 Å². The molecule has 0 spiro atoms. The second-order valence-electron chi connectivity index (χ2n) is 14.1. The van der Waals surface area contributed by atoms with E-state index in [0.29, 0.717) is 0 Å². The van der Waals surface area contributed by atoms with Crippen LogP contribution in [-0.4, -0.2) is 9.13 Å². The minimum atomic E-state index is 1.17. The zero-order valence-electron chi connectivity index (χ0n) is 28.6. The third-order valence-corrected chi connectivity index (χ3v) is 12.5. The van der Waals surface area contributed by atoms with Crippen molar-refractivity contribution in [3.8, 4) is 22.5 Å². The summed E-state index contributed by atoms with van der Waals surface area (Å²) in [5, 5.41) is 13.0. The molecule has 12 aromatic rings. The fourth-order valence-electron chi connectivity index (χ4n) is 8.99. The van der Waals surface area contributed by atoms with Gasteiger partial charge in [0.25, 0.3) is 0 Å². The second kappa shape index (κ2) is 10.9. The summed E-state index contributed by atoms with van der Waals surface area (Å²) in [7, 11) is 0. The Morgan fingerprint density at radius 1 is 0.321 bits per heavy atom. The summed E-state index contributed by atoms with van der Waals surface area (Å²) < 4.78 is 7.60. The van der Waals surface area contributed by atoms with Gasteiger partial charge in [-0.1, -0.05) is 133 Å². The molecule has 0 amide bonds. The molecule has 3 heteroatoms. The van der Waals surface area contributed by atoms with Crippen molar-refractivity contribution in [1.82, 2.24) is 9.13 Å². The maximum atomic E-state index is 2.50. The van der Waals surface area contributed by atoms with Crippen molar-refractivity contribution in [2.75, 3.05) is 0 Å². The van der Waals surface area contributed by atoms with Crippen molar-refractivity contribution in [2.24, 2.45) is 0 Å². The molecule has 12 rings (SSSR count). The van der Waals surface area contributed by atoms with Crippen LogP contribution in [0.4, 0.5) is 0 Å². The monoisotopic (exact) mass is 690 g/mol. The first-order chi connectivity index (χ1) is 26.3. The highest BCUT2D eigenvalue weighted by Crippen LogP contribution is 2.48. The van der Waals surface area contributed by atoms with Gasteiger partial charge in [-0.05, 0) is 86.6 Å². The average molecular weight is 691 g/mol. The first kappa shape index (κ1) is 29.0. The van der Waals surface area contributed by atoms with Crippen LogP contribution in [0.25, 0.3) is 108 Å². The summed E-state index contributed by atoms with van der Waals surface area (Å²) in [4.78, 5) is 0. The van der Waals surface area contributed by atoms with E-state index in [1.165, 1.54) is 108 Å². The van der Waals surface area contributed by atoms with Gasteiger partial charge < -0.3 is 9.13 Å². The fraction of sp³-hybridized carbons (Fsp3) is 0. The Morgan fingerprint density at radius 2 is 0.906 bits per heavy atom. The SMILES string of the molecule is c1ccc(-n2c3ccc(-c4ccc(-n5c6ccccc6c6sc7c8ccccc8c8ccccc8c7c65)cc4)cc3c3c4ccccc4ccc32)cc1. The fourth-order valence-corrected chi connectivity index (χ4v) is 10.4. The van der Waals surface area contributed by atoms with Crippen LogP contribution in [0.15, 0.2) is 182 Å². The van der Waals surface area contributed by atoms with Gasteiger partial charge in [0.05, 0.1) is 26.8 Å². The highest BCUT2D eigenvalue weighted by atomic mass is 32.1. The number of aromatic nitrogens is 2. The molecule has 0 radical (unpaired) electrons. The molecule has 0 saturated carbocycles. The lowest BCUT2D eigenvalue weighted by molar-refractivity contribution is 1.18. The molecule has 0 unspecified atom stereocenters. The van der Waals surface area contributed by atoms with Crippen LogP contribution < -0.4 is 0 Å². The number of nitrogens with zero attached hydrogens (tertiary/aromatic N) is 2. The van der Waals surface area contributed by atoms with Crippen molar-refractivity contribution < 1.29 is 0 Å². The molecule has 0 atom stereocenters. The summed E-state index contributed by atoms with van der Waals surface area (Å²) in [6, 6.07) is 66.9. The number of hydrogen-bond acceptors (Lipinski definition) is 1. The summed E-state index contributed by atoms with van der Waals surface area (Å²) in [6.07, 6.45) is 0. The molecule has 53 heavy (non-hydrogen) atoms. The number of fused-ring (bicyclic) bond motifs is 15. The molecule has 0 aliphatic rings. The van der Waals surface area contributed by atoms with Crippen LogP contribution >= 0.6 is 11.3 Å². The van der Waals surface area contributed by atoms with Crippen molar-refractivity contribution >= 4 is 96.7 Å². The lowest BCUT2D eigenvalue weighted by atomic mass is 9.98. The molecular weight excluding hydrogens is 661 g/mol. The molecule has 9 aromatic carbocycles. The third kappa shape index (κ3) is 4.03. The van der Waals surface area contributed by atoms with Crippen LogP contribution in [0.1, 0.15) is 0 Å². The minimum absolute atomic E-state index is 1.17. The molecule has 0 aliphatic heterocycles. The third-order valence-electron chi connectivity index (χ3n) is 11.3. The quantitative estimate of drug-likeness (QED) is 0.163. The molecule has 0 aliphatic carbocycles. The normalized spacial score (nSPS) is 12.2. The van der Waals surface area contributed by atoms with Crippen molar-refractivity contribution in [2.45, 2.75) is 0 Å². The predicted octanol–water partition coefficient (Wildman–Crippen LogP) is 14.2. The van der Waals surface area contributed by atoms with Gasteiger partial charge in [-0.3, -0.25) is 0 Å². The van der Waals surface area contributed by atoms with Gasteiger partial charge in [-0.25, -0.2) is 0 Å². The molecule has 0 saturated heterocycles. The molecule has 246 valence electrons. The molecule has 3 heterocycles. The van der Waals surface area contributed by atoms with Gasteiger partial charge in [0.15, 0.2) is 0 Å². The van der Waals surface area contributed by atoms with E-state index in [0.717, 1.165) is 0 Å². The zero-order valence-corrected chi connectivity index (χ0v) is 29.4. The van der Waals surface area contributed by atoms with E-state index in [9.17, 15) is 0 Å². The second-order valence-corrected chi connectivity index (χ2v) is 15.1. The first-order valence-corrected chi connectivity index (χ1v) is 19.0. The van der Waals surface area contributed by atoms with E-state index in [1.54, 1.807) is 0 Å². The maximum absolute atomic E-state index is 2.50. The number of thiophene rings is 1. The lowest BCUT2D eigenvalue weighted by Crippen LogP contribution is -1.94. The Labute approximate surface area is 309 Å². The number of hydrogen-bond donors (Lipinski definition) is 0. The molecule has 2 nitrogen and oxygen atoms in total. The van der Waals surface area contributed by atoms with Gasteiger partial charge in [0, 0.05) is 43.0 Å². The van der Waals surface area contributed by atoms with Crippen LogP contribution in [0, 0.1) is 0 Å². The summed E-state index contributed by atoms with van der Waals surface area (Å²) >= 11 is 1.93. The van der Waals surface area contributed by atoms with Crippen molar-refractivity contribution in [3.63, 3.8) is 0 Å². The van der Waals surface area contributed by atoms with Crippen LogP contribution in [-0.2, 0) is 0 Å². The highest BCUT2D eigenvalue weighted by Gasteiger charge is 2.22. The topological polar surface area (TPSA) is 9.86 Å². The summed E-state index contributed by atoms with van der Waals surface area (Å²) in [6.45, 7) is 0. The number of rotatable bonds is 3. The maximum Gasteiger partial charge on any atom is 0.0734 e. The van der Waals surface area contributed by atoms with E-state index in [1.807, 2.05) is 11.3 Å². The Morgan fingerprint density at radius 3 is 1.72 bits per heavy atom. The standard InChI is InChI=1S/C50H30N2S/c1-2-13-34(14-3-1)51-44-28-25-33(30-42(44)46-36-15-5-4-12-32(36)24-29-45(46)51)31-22-26-35(27-23-31)52-43-21-11-10-20-41(43)50-48(52)47-39-18-8-6-16-37(39)38-17-7-9-19-40(38)49(47)53-50/h1-30H. The van der Waals surface area contributed by atoms with Gasteiger partial charge in [0.2, 0.25) is 0 Å². The van der Waals surface area contributed by atoms with Crippen LogP contribution in [0.5, 0.6) is 0 Å². The smallest absolute Gasteiger partial charge is 0.0734 e. The molecule has 3 aromatic heterocycles. The van der Waals surface area contributed by atoms with E-state index < -0.39 is 0 Å².